The number of nitrogens with zero attached hydrogens (tertiary/aromatic N) is 2. The van der Waals surface area contributed by atoms with Crippen molar-refractivity contribution in [3.8, 4) is 0 Å². The minimum absolute atomic E-state index is 0. The molecule has 10 N–H and O–H groups in total. The van der Waals surface area contributed by atoms with Crippen LogP contribution in [0.1, 0.15) is 36.4 Å². The van der Waals surface area contributed by atoms with E-state index in [2.05, 4.69) is 9.97 Å². The number of phosphoric ester groups is 1. The number of phosphoric acid groups is 1. The van der Waals surface area contributed by atoms with Crippen molar-refractivity contribution in [3.05, 3.63) is 65.2 Å². The third-order valence-electron chi connectivity index (χ3n) is 6.27. The van der Waals surface area contributed by atoms with E-state index in [0.29, 0.717) is 11.1 Å². The Labute approximate surface area is 214 Å². The standard InChI is InChI=1S/C20H29N6O10P.H3N/c1-9-5-25(19(29)23-17(9)27)15-3-11(21)13(35-15)7-33-37(31,32)34-8-14-12(22)4-16(36-14)26-6-10(2)18(28)24-20(26)30;/h5-6,11-16H,3-4,7-8,21-22H2,1-2H3,(H,31,32)(H,23,27,29)(H,24,28,30);1H3/t11-,12-,13+,14+,15+,16+;/m0./s1. The summed E-state index contributed by atoms with van der Waals surface area (Å²) in [6.07, 6.45) is -0.355. The van der Waals surface area contributed by atoms with Gasteiger partial charge in [0.1, 0.15) is 12.5 Å². The fourth-order valence-electron chi connectivity index (χ4n) is 4.14. The van der Waals surface area contributed by atoms with Gasteiger partial charge in [-0.3, -0.25) is 33.3 Å². The van der Waals surface area contributed by atoms with E-state index < -0.39 is 80.3 Å². The van der Waals surface area contributed by atoms with Crippen LogP contribution in [0.3, 0.4) is 0 Å². The summed E-state index contributed by atoms with van der Waals surface area (Å²) in [5, 5.41) is 0. The van der Waals surface area contributed by atoms with E-state index in [9.17, 15) is 28.6 Å². The normalized spacial score (nSPS) is 27.4. The molecular formula is C20H32N7O10P. The summed E-state index contributed by atoms with van der Waals surface area (Å²) in [6, 6.07) is -1.31. The Bertz CT molecular complexity index is 1330. The molecule has 0 aromatic carbocycles. The van der Waals surface area contributed by atoms with E-state index in [0.717, 1.165) is 0 Å². The monoisotopic (exact) mass is 561 g/mol. The van der Waals surface area contributed by atoms with Crippen LogP contribution in [0.25, 0.3) is 0 Å². The van der Waals surface area contributed by atoms with E-state index in [1.165, 1.54) is 35.4 Å². The second-order valence-corrected chi connectivity index (χ2v) is 10.5. The van der Waals surface area contributed by atoms with Gasteiger partial charge in [-0.05, 0) is 13.8 Å². The number of hydrogen-bond donors (Lipinski definition) is 5. The number of nitrogens with one attached hydrogen (secondary N) is 2. The number of hydrogen-bond acceptors (Lipinski definition) is 12. The third kappa shape index (κ3) is 6.45. The highest BCUT2D eigenvalue weighted by molar-refractivity contribution is 7.45. The van der Waals surface area contributed by atoms with Gasteiger partial charge in [0, 0.05) is 48.4 Å². The fourth-order valence-corrected chi connectivity index (χ4v) is 4.87. The number of rotatable bonds is 8. The summed E-state index contributed by atoms with van der Waals surface area (Å²) in [7, 11) is -4.83. The van der Waals surface area contributed by atoms with Crippen LogP contribution in [-0.4, -0.2) is 56.6 Å². The Morgan fingerprint density at radius 1 is 0.895 bits per heavy atom. The molecule has 0 spiro atoms. The van der Waals surface area contributed by atoms with E-state index in [1.54, 1.807) is 0 Å². The van der Waals surface area contributed by atoms with Crippen LogP contribution >= 0.6 is 7.82 Å². The first kappa shape index (κ1) is 29.8. The van der Waals surface area contributed by atoms with Crippen LogP contribution < -0.4 is 45.0 Å². The average Bonchev–Trinajstić information content (AvgIpc) is 3.38. The Hall–Kier alpha value is -2.73. The molecular weight excluding hydrogens is 529 g/mol. The van der Waals surface area contributed by atoms with Crippen LogP contribution in [-0.2, 0) is 23.1 Å². The highest BCUT2D eigenvalue weighted by Gasteiger charge is 2.37. The predicted octanol–water partition coefficient (Wildman–Crippen LogP) is -2.19. The topological polar surface area (TPSA) is 275 Å². The van der Waals surface area contributed by atoms with Gasteiger partial charge in [0.15, 0.2) is 0 Å². The minimum Gasteiger partial charge on any atom is -0.756 e. The van der Waals surface area contributed by atoms with Gasteiger partial charge in [-0.1, -0.05) is 0 Å². The molecule has 4 rings (SSSR count). The van der Waals surface area contributed by atoms with Gasteiger partial charge >= 0.3 is 11.4 Å². The minimum atomic E-state index is -4.83. The molecule has 2 saturated heterocycles. The molecule has 0 radical (unpaired) electrons. The van der Waals surface area contributed by atoms with Crippen molar-refractivity contribution in [2.45, 2.75) is 63.4 Å². The van der Waals surface area contributed by atoms with Gasteiger partial charge < -0.3 is 41.0 Å². The lowest BCUT2D eigenvalue weighted by Crippen LogP contribution is -2.35. The molecule has 0 unspecified atom stereocenters. The van der Waals surface area contributed by atoms with Crippen molar-refractivity contribution in [1.29, 1.82) is 0 Å². The lowest BCUT2D eigenvalue weighted by molar-refractivity contribution is -0.230. The number of nitrogens with two attached hydrogens (primary N) is 2. The molecule has 212 valence electrons. The molecule has 0 bridgehead atoms. The summed E-state index contributed by atoms with van der Waals surface area (Å²) in [5.74, 6) is 0. The molecule has 2 aromatic rings. The maximum Gasteiger partial charge on any atom is 0.330 e. The first-order valence-electron chi connectivity index (χ1n) is 11.4. The molecule has 2 aliphatic rings. The van der Waals surface area contributed by atoms with Crippen LogP contribution in [0.15, 0.2) is 31.6 Å². The zero-order chi connectivity index (χ0) is 27.1. The number of aryl methyl sites for hydroxylation is 2. The Morgan fingerprint density at radius 3 is 1.63 bits per heavy atom. The van der Waals surface area contributed by atoms with E-state index in [1.807, 2.05) is 0 Å². The van der Waals surface area contributed by atoms with Crippen molar-refractivity contribution in [2.24, 2.45) is 11.5 Å². The third-order valence-corrected chi connectivity index (χ3v) is 7.20. The van der Waals surface area contributed by atoms with Crippen molar-refractivity contribution in [3.63, 3.8) is 0 Å². The summed E-state index contributed by atoms with van der Waals surface area (Å²) >= 11 is 0. The predicted molar refractivity (Wildman–Crippen MR) is 131 cm³/mol. The maximum absolute atomic E-state index is 12.3. The van der Waals surface area contributed by atoms with Crippen molar-refractivity contribution in [2.75, 3.05) is 13.2 Å². The molecule has 17 nitrogen and oxygen atoms in total. The number of aromatic nitrogens is 4. The van der Waals surface area contributed by atoms with Gasteiger partial charge in [0.2, 0.25) is 0 Å². The second-order valence-electron chi connectivity index (χ2n) is 9.05. The van der Waals surface area contributed by atoms with Crippen LogP contribution in [0.4, 0.5) is 0 Å². The lowest BCUT2D eigenvalue weighted by atomic mass is 10.1. The SMILES string of the molecule is Cc1cn([C@H]2C[C@H](N)[C@@H](COP(=O)([O-])OC[C@H]3O[C@@H](n4cc(C)c(=O)[nH]c4=O)C[C@@H]3N)O2)c(=O)[nH]c1=O.[NH4+]. The number of H-pyrrole nitrogens is 2. The molecule has 0 aliphatic carbocycles. The second kappa shape index (κ2) is 11.6. The van der Waals surface area contributed by atoms with Crippen molar-refractivity contribution < 1.29 is 28.0 Å². The largest absolute Gasteiger partial charge is 0.756 e. The summed E-state index contributed by atoms with van der Waals surface area (Å²) in [6.45, 7) is 2.11. The van der Waals surface area contributed by atoms with E-state index in [4.69, 9.17) is 30.0 Å². The summed E-state index contributed by atoms with van der Waals surface area (Å²) < 4.78 is 35.9. The highest BCUT2D eigenvalue weighted by Crippen LogP contribution is 2.41. The molecule has 6 atom stereocenters. The van der Waals surface area contributed by atoms with E-state index >= 15 is 0 Å². The summed E-state index contributed by atoms with van der Waals surface area (Å²) in [5.41, 5.74) is 10.3. The Balaban J connectivity index is 0.00000400. The average molecular weight is 561 g/mol. The molecule has 2 aliphatic heterocycles. The molecule has 0 amide bonds. The van der Waals surface area contributed by atoms with Crippen molar-refractivity contribution in [1.82, 2.24) is 25.3 Å². The Kier molecular flexibility index (Phi) is 9.08. The van der Waals surface area contributed by atoms with Gasteiger partial charge in [-0.2, -0.15) is 0 Å². The number of quaternary nitrogens is 1. The smallest absolute Gasteiger partial charge is 0.330 e. The molecule has 4 heterocycles. The first-order valence-corrected chi connectivity index (χ1v) is 12.9. The van der Waals surface area contributed by atoms with Crippen LogP contribution in [0, 0.1) is 13.8 Å². The molecule has 0 saturated carbocycles. The van der Waals surface area contributed by atoms with Crippen LogP contribution in [0.5, 0.6) is 0 Å². The molecule has 2 aromatic heterocycles. The number of ether oxygens (including phenoxy) is 2. The quantitative estimate of drug-likeness (QED) is 0.215. The van der Waals surface area contributed by atoms with E-state index in [-0.39, 0.29) is 19.0 Å². The zero-order valence-electron chi connectivity index (χ0n) is 21.0. The number of aromatic amines is 2. The molecule has 38 heavy (non-hydrogen) atoms. The Morgan fingerprint density at radius 2 is 1.26 bits per heavy atom. The molecule has 18 heteroatoms. The zero-order valence-corrected chi connectivity index (χ0v) is 21.9. The van der Waals surface area contributed by atoms with Gasteiger partial charge in [0.25, 0.3) is 18.9 Å². The lowest BCUT2D eigenvalue weighted by Gasteiger charge is -2.27. The van der Waals surface area contributed by atoms with Gasteiger partial charge in [0.05, 0.1) is 25.4 Å². The molecule has 2 fully saturated rings. The summed E-state index contributed by atoms with van der Waals surface area (Å²) in [4.78, 5) is 64.0. The highest BCUT2D eigenvalue weighted by atomic mass is 31.2. The van der Waals surface area contributed by atoms with Gasteiger partial charge in [-0.15, -0.1) is 0 Å². The van der Waals surface area contributed by atoms with Crippen molar-refractivity contribution >= 4 is 7.82 Å². The van der Waals surface area contributed by atoms with Gasteiger partial charge in [-0.25, -0.2) is 9.59 Å². The maximum atomic E-state index is 12.3. The fraction of sp³-hybridized carbons (Fsp3) is 0.600. The van der Waals surface area contributed by atoms with Crippen LogP contribution in [0.2, 0.25) is 0 Å². The first-order chi connectivity index (χ1) is 17.3.